The van der Waals surface area contributed by atoms with Gasteiger partial charge in [-0.1, -0.05) is 29.8 Å². The first kappa shape index (κ1) is 18.8. The van der Waals surface area contributed by atoms with Gasteiger partial charge < -0.3 is 14.6 Å². The molecule has 0 atom stereocenters. The molecule has 6 nitrogen and oxygen atoms in total. The number of halogens is 1. The van der Waals surface area contributed by atoms with E-state index in [1.807, 2.05) is 12.1 Å². The van der Waals surface area contributed by atoms with Crippen molar-refractivity contribution in [3.8, 4) is 11.5 Å². The number of amides is 2. The number of methoxy groups -OCH3 is 2. The van der Waals surface area contributed by atoms with E-state index in [9.17, 15) is 14.7 Å². The Kier molecular flexibility index (Phi) is 5.37. The second kappa shape index (κ2) is 7.72. The second-order valence-electron chi connectivity index (χ2n) is 5.93. The van der Waals surface area contributed by atoms with Gasteiger partial charge in [-0.25, -0.2) is 0 Å². The van der Waals surface area contributed by atoms with Gasteiger partial charge in [-0.05, 0) is 41.8 Å². The lowest BCUT2D eigenvalue weighted by atomic mass is 10.0. The number of aliphatic hydroxyl groups is 1. The molecule has 0 radical (unpaired) electrons. The maximum absolute atomic E-state index is 12.8. The Morgan fingerprint density at radius 2 is 1.63 bits per heavy atom. The van der Waals surface area contributed by atoms with Gasteiger partial charge >= 0.3 is 0 Å². The van der Waals surface area contributed by atoms with Crippen LogP contribution in [0.15, 0.2) is 48.2 Å². The zero-order chi connectivity index (χ0) is 19.6. The van der Waals surface area contributed by atoms with Crippen molar-refractivity contribution in [1.29, 1.82) is 0 Å². The lowest BCUT2D eigenvalue weighted by Crippen LogP contribution is -2.33. The third kappa shape index (κ3) is 3.61. The van der Waals surface area contributed by atoms with Crippen LogP contribution in [0.25, 0.3) is 5.57 Å². The Morgan fingerprint density at radius 3 is 2.26 bits per heavy atom. The fourth-order valence-corrected chi connectivity index (χ4v) is 3.04. The quantitative estimate of drug-likeness (QED) is 0.770. The highest BCUT2D eigenvalue weighted by atomic mass is 35.5. The molecule has 0 fully saturated rings. The minimum Gasteiger partial charge on any atom is -0.502 e. The van der Waals surface area contributed by atoms with Gasteiger partial charge in [0.05, 0.1) is 19.8 Å². The van der Waals surface area contributed by atoms with E-state index in [1.165, 1.54) is 14.2 Å². The van der Waals surface area contributed by atoms with E-state index in [-0.39, 0.29) is 12.1 Å². The lowest BCUT2D eigenvalue weighted by molar-refractivity contribution is -0.138. The largest absolute Gasteiger partial charge is 0.502 e. The van der Waals surface area contributed by atoms with E-state index < -0.39 is 17.6 Å². The van der Waals surface area contributed by atoms with Crippen LogP contribution in [0.3, 0.4) is 0 Å². The fraction of sp³-hybridized carbons (Fsp3) is 0.200. The van der Waals surface area contributed by atoms with Gasteiger partial charge in [0.2, 0.25) is 0 Å². The van der Waals surface area contributed by atoms with Gasteiger partial charge in [0.15, 0.2) is 17.3 Å². The first-order valence-electron chi connectivity index (χ1n) is 8.22. The summed E-state index contributed by atoms with van der Waals surface area (Å²) in [6.45, 7) is 0.153. The second-order valence-corrected chi connectivity index (χ2v) is 6.37. The molecule has 1 N–H and O–H groups in total. The van der Waals surface area contributed by atoms with Crippen LogP contribution in [0.5, 0.6) is 11.5 Å². The third-order valence-electron chi connectivity index (χ3n) is 4.35. The monoisotopic (exact) mass is 387 g/mol. The molecule has 0 aromatic heterocycles. The first-order valence-corrected chi connectivity index (χ1v) is 8.60. The summed E-state index contributed by atoms with van der Waals surface area (Å²) >= 11 is 5.86. The molecule has 140 valence electrons. The summed E-state index contributed by atoms with van der Waals surface area (Å²) < 4.78 is 10.4. The average Bonchev–Trinajstić information content (AvgIpc) is 2.89. The fourth-order valence-electron chi connectivity index (χ4n) is 2.91. The van der Waals surface area contributed by atoms with E-state index in [4.69, 9.17) is 21.1 Å². The molecule has 7 heteroatoms. The van der Waals surface area contributed by atoms with Crippen molar-refractivity contribution in [2.45, 2.75) is 6.42 Å². The van der Waals surface area contributed by atoms with Crippen LogP contribution in [0.4, 0.5) is 0 Å². The number of carbonyl (C=O) groups is 2. The maximum atomic E-state index is 12.8. The highest BCUT2D eigenvalue weighted by Crippen LogP contribution is 2.34. The molecule has 0 saturated carbocycles. The van der Waals surface area contributed by atoms with E-state index >= 15 is 0 Å². The van der Waals surface area contributed by atoms with Crippen molar-refractivity contribution in [2.24, 2.45) is 0 Å². The van der Waals surface area contributed by atoms with Gasteiger partial charge in [0.1, 0.15) is 0 Å². The number of nitrogens with zero attached hydrogens (tertiary/aromatic N) is 1. The summed E-state index contributed by atoms with van der Waals surface area (Å²) in [5.74, 6) is -0.936. The van der Waals surface area contributed by atoms with Crippen molar-refractivity contribution in [1.82, 2.24) is 4.90 Å². The molecule has 0 aliphatic carbocycles. The van der Waals surface area contributed by atoms with Crippen molar-refractivity contribution in [3.63, 3.8) is 0 Å². The molecular formula is C20H18ClNO5. The van der Waals surface area contributed by atoms with Crippen molar-refractivity contribution in [3.05, 3.63) is 64.4 Å². The van der Waals surface area contributed by atoms with Crippen LogP contribution in [-0.4, -0.2) is 42.6 Å². The lowest BCUT2D eigenvalue weighted by Gasteiger charge is -2.15. The van der Waals surface area contributed by atoms with Crippen LogP contribution >= 0.6 is 11.6 Å². The summed E-state index contributed by atoms with van der Waals surface area (Å²) in [7, 11) is 2.97. The highest BCUT2D eigenvalue weighted by Gasteiger charge is 2.39. The van der Waals surface area contributed by atoms with Crippen LogP contribution in [0, 0.1) is 0 Å². The van der Waals surface area contributed by atoms with Gasteiger partial charge in [-0.3, -0.25) is 14.5 Å². The number of ether oxygens (including phenoxy) is 2. The summed E-state index contributed by atoms with van der Waals surface area (Å²) in [5.41, 5.74) is 1.27. The number of carbonyl (C=O) groups excluding carboxylic acids is 2. The first-order chi connectivity index (χ1) is 13.0. The third-order valence-corrected chi connectivity index (χ3v) is 4.61. The Bertz CT molecular complexity index is 920. The van der Waals surface area contributed by atoms with Crippen LogP contribution < -0.4 is 9.47 Å². The Balaban J connectivity index is 1.82. The average molecular weight is 388 g/mol. The zero-order valence-electron chi connectivity index (χ0n) is 14.9. The molecule has 0 bridgehead atoms. The van der Waals surface area contributed by atoms with E-state index in [0.717, 1.165) is 10.5 Å². The molecule has 2 amide bonds. The Morgan fingerprint density at radius 1 is 0.963 bits per heavy atom. The smallest absolute Gasteiger partial charge is 0.296 e. The van der Waals surface area contributed by atoms with E-state index in [2.05, 4.69) is 0 Å². The SMILES string of the molecule is COc1ccc(C2=C(O)C(=O)N(CCc3ccc(Cl)cc3)C2=O)cc1OC. The number of rotatable bonds is 6. The molecule has 1 aliphatic rings. The number of benzene rings is 2. The topological polar surface area (TPSA) is 76.1 Å². The minimum absolute atomic E-state index is 0.0444. The maximum Gasteiger partial charge on any atom is 0.296 e. The summed E-state index contributed by atoms with van der Waals surface area (Å²) in [4.78, 5) is 26.2. The van der Waals surface area contributed by atoms with Gasteiger partial charge in [-0.15, -0.1) is 0 Å². The van der Waals surface area contributed by atoms with Gasteiger partial charge in [-0.2, -0.15) is 0 Å². The van der Waals surface area contributed by atoms with Gasteiger partial charge in [0, 0.05) is 11.6 Å². The Hall–Kier alpha value is -2.99. The molecule has 0 saturated heterocycles. The van der Waals surface area contributed by atoms with Crippen molar-refractivity contribution < 1.29 is 24.2 Å². The normalized spacial score (nSPS) is 14.1. The molecule has 2 aromatic rings. The predicted octanol–water partition coefficient (Wildman–Crippen LogP) is 3.24. The van der Waals surface area contributed by atoms with Crippen molar-refractivity contribution >= 4 is 29.0 Å². The zero-order valence-corrected chi connectivity index (χ0v) is 15.6. The molecule has 0 spiro atoms. The van der Waals surface area contributed by atoms with Crippen molar-refractivity contribution in [2.75, 3.05) is 20.8 Å². The molecular weight excluding hydrogens is 370 g/mol. The molecule has 2 aromatic carbocycles. The Labute approximate surface area is 161 Å². The van der Waals surface area contributed by atoms with Crippen LogP contribution in [-0.2, 0) is 16.0 Å². The van der Waals surface area contributed by atoms with Crippen LogP contribution in [0.2, 0.25) is 5.02 Å². The molecule has 3 rings (SSSR count). The summed E-state index contributed by atoms with van der Waals surface area (Å²) in [6, 6.07) is 11.9. The summed E-state index contributed by atoms with van der Waals surface area (Å²) in [6.07, 6.45) is 0.459. The number of hydrogen-bond donors (Lipinski definition) is 1. The molecule has 27 heavy (non-hydrogen) atoms. The number of imide groups is 1. The highest BCUT2D eigenvalue weighted by molar-refractivity contribution is 6.35. The van der Waals surface area contributed by atoms with Gasteiger partial charge in [0.25, 0.3) is 11.8 Å². The molecule has 1 aliphatic heterocycles. The predicted molar refractivity (Wildman–Crippen MR) is 101 cm³/mol. The van der Waals surface area contributed by atoms with E-state index in [1.54, 1.807) is 30.3 Å². The summed E-state index contributed by atoms with van der Waals surface area (Å²) in [5, 5.41) is 10.9. The minimum atomic E-state index is -0.709. The molecule has 1 heterocycles. The standard InChI is InChI=1S/C20H18ClNO5/c1-26-15-8-5-13(11-16(15)27-2)17-18(23)20(25)22(19(17)24)10-9-12-3-6-14(21)7-4-12/h3-8,11,23H,9-10H2,1-2H3. The molecule has 0 unspecified atom stereocenters. The number of aliphatic hydroxyl groups excluding tert-OH is 1. The van der Waals surface area contributed by atoms with Crippen LogP contribution in [0.1, 0.15) is 11.1 Å². The van der Waals surface area contributed by atoms with E-state index in [0.29, 0.717) is 28.5 Å². The number of hydrogen-bond acceptors (Lipinski definition) is 5.